The number of carbonyl (C=O) groups excluding carboxylic acids is 1. The second kappa shape index (κ2) is 9.91. The lowest BCUT2D eigenvalue weighted by atomic mass is 10.1. The number of carbonyl (C=O) groups is 1. The fourth-order valence-corrected chi connectivity index (χ4v) is 2.37. The molecule has 0 bridgehead atoms. The number of methoxy groups -OCH3 is 1. The monoisotopic (exact) mass is 343 g/mol. The Morgan fingerprint density at radius 1 is 1.25 bits per heavy atom. The molecule has 0 saturated carbocycles. The highest BCUT2D eigenvalue weighted by atomic mass is 79.9. The zero-order chi connectivity index (χ0) is 14.8. The van der Waals surface area contributed by atoms with Crippen LogP contribution in [0.1, 0.15) is 24.8 Å². The first kappa shape index (κ1) is 17.1. The minimum Gasteiger partial charge on any atom is -0.468 e. The Hall–Kier alpha value is -0.910. The number of esters is 1. The fourth-order valence-electron chi connectivity index (χ4n) is 1.86. The molecule has 1 rings (SSSR count). The number of nitrogens with two attached hydrogens (primary N) is 1. The SMILES string of the molecule is COC(=O)[C@H](N)CCC(CCBr)OCc1ccccc1. The summed E-state index contributed by atoms with van der Waals surface area (Å²) < 4.78 is 10.5. The number of hydrogen-bond acceptors (Lipinski definition) is 4. The van der Waals surface area contributed by atoms with E-state index in [9.17, 15) is 4.79 Å². The molecule has 0 heterocycles. The van der Waals surface area contributed by atoms with Gasteiger partial charge in [-0.2, -0.15) is 0 Å². The molecule has 5 heteroatoms. The maximum atomic E-state index is 11.3. The zero-order valence-electron chi connectivity index (χ0n) is 11.8. The minimum absolute atomic E-state index is 0.0882. The summed E-state index contributed by atoms with van der Waals surface area (Å²) in [6.45, 7) is 0.575. The molecule has 0 aliphatic carbocycles. The van der Waals surface area contributed by atoms with Gasteiger partial charge in [0.1, 0.15) is 6.04 Å². The van der Waals surface area contributed by atoms with Gasteiger partial charge in [0.25, 0.3) is 0 Å². The van der Waals surface area contributed by atoms with Crippen molar-refractivity contribution in [2.75, 3.05) is 12.4 Å². The molecule has 2 N–H and O–H groups in total. The number of rotatable bonds is 9. The second-order valence-corrected chi connectivity index (χ2v) is 5.40. The van der Waals surface area contributed by atoms with Crippen molar-refractivity contribution in [3.8, 4) is 0 Å². The van der Waals surface area contributed by atoms with Crippen molar-refractivity contribution in [1.82, 2.24) is 0 Å². The van der Waals surface area contributed by atoms with E-state index in [-0.39, 0.29) is 12.1 Å². The van der Waals surface area contributed by atoms with E-state index >= 15 is 0 Å². The zero-order valence-corrected chi connectivity index (χ0v) is 13.3. The van der Waals surface area contributed by atoms with Crippen molar-refractivity contribution in [2.24, 2.45) is 5.73 Å². The van der Waals surface area contributed by atoms with E-state index in [2.05, 4.69) is 20.7 Å². The molecule has 1 aromatic rings. The Morgan fingerprint density at radius 3 is 2.55 bits per heavy atom. The average molecular weight is 344 g/mol. The van der Waals surface area contributed by atoms with E-state index < -0.39 is 6.04 Å². The highest BCUT2D eigenvalue weighted by Crippen LogP contribution is 2.13. The molecule has 112 valence electrons. The maximum Gasteiger partial charge on any atom is 0.322 e. The molecule has 0 saturated heterocycles. The average Bonchev–Trinajstić information content (AvgIpc) is 2.49. The van der Waals surface area contributed by atoms with E-state index in [0.717, 1.165) is 23.7 Å². The molecule has 20 heavy (non-hydrogen) atoms. The number of ether oxygens (including phenoxy) is 2. The van der Waals surface area contributed by atoms with E-state index in [4.69, 9.17) is 10.5 Å². The smallest absolute Gasteiger partial charge is 0.322 e. The lowest BCUT2D eigenvalue weighted by Crippen LogP contribution is -2.32. The summed E-state index contributed by atoms with van der Waals surface area (Å²) in [7, 11) is 1.35. The lowest BCUT2D eigenvalue weighted by molar-refractivity contribution is -0.142. The largest absolute Gasteiger partial charge is 0.468 e. The van der Waals surface area contributed by atoms with Crippen molar-refractivity contribution >= 4 is 21.9 Å². The molecule has 0 aliphatic heterocycles. The summed E-state index contributed by atoms with van der Waals surface area (Å²) in [6, 6.07) is 9.46. The third-order valence-electron chi connectivity index (χ3n) is 3.06. The van der Waals surface area contributed by atoms with Gasteiger partial charge in [0.05, 0.1) is 19.8 Å². The number of alkyl halides is 1. The third kappa shape index (κ3) is 6.50. The van der Waals surface area contributed by atoms with Crippen LogP contribution in [0.25, 0.3) is 0 Å². The fraction of sp³-hybridized carbons (Fsp3) is 0.533. The van der Waals surface area contributed by atoms with Crippen LogP contribution < -0.4 is 5.73 Å². The number of halogens is 1. The highest BCUT2D eigenvalue weighted by molar-refractivity contribution is 9.09. The number of hydrogen-bond donors (Lipinski definition) is 1. The normalized spacial score (nSPS) is 13.8. The standard InChI is InChI=1S/C15H22BrNO3/c1-19-15(18)14(17)8-7-13(9-10-16)20-11-12-5-3-2-4-6-12/h2-6,13-14H,7-11,17H2,1H3/t13?,14-/m1/s1. The van der Waals surface area contributed by atoms with Gasteiger partial charge in [0.15, 0.2) is 0 Å². The van der Waals surface area contributed by atoms with Gasteiger partial charge >= 0.3 is 5.97 Å². The molecular formula is C15H22BrNO3. The molecule has 0 amide bonds. The Morgan fingerprint density at radius 2 is 1.95 bits per heavy atom. The first-order valence-electron chi connectivity index (χ1n) is 6.72. The summed E-state index contributed by atoms with van der Waals surface area (Å²) in [6.07, 6.45) is 2.29. The summed E-state index contributed by atoms with van der Waals surface area (Å²) in [5.41, 5.74) is 6.88. The molecule has 0 radical (unpaired) electrons. The van der Waals surface area contributed by atoms with Crippen LogP contribution in [-0.4, -0.2) is 30.6 Å². The van der Waals surface area contributed by atoms with Gasteiger partial charge < -0.3 is 15.2 Å². The predicted octanol–water partition coefficient (Wildman–Crippen LogP) is 2.64. The van der Waals surface area contributed by atoms with Gasteiger partial charge in [-0.05, 0) is 24.8 Å². The molecule has 0 aliphatic rings. The van der Waals surface area contributed by atoms with E-state index in [0.29, 0.717) is 13.0 Å². The summed E-state index contributed by atoms with van der Waals surface area (Å²) >= 11 is 3.42. The van der Waals surface area contributed by atoms with Crippen molar-refractivity contribution in [3.63, 3.8) is 0 Å². The Labute approximate surface area is 128 Å². The van der Waals surface area contributed by atoms with Crippen molar-refractivity contribution < 1.29 is 14.3 Å². The lowest BCUT2D eigenvalue weighted by Gasteiger charge is -2.18. The summed E-state index contributed by atoms with van der Waals surface area (Å²) in [4.78, 5) is 11.3. The summed E-state index contributed by atoms with van der Waals surface area (Å²) in [5, 5.41) is 0.861. The minimum atomic E-state index is -0.571. The van der Waals surface area contributed by atoms with Crippen LogP contribution in [0, 0.1) is 0 Å². The van der Waals surface area contributed by atoms with Crippen LogP contribution in [-0.2, 0) is 20.9 Å². The van der Waals surface area contributed by atoms with Gasteiger partial charge in [0, 0.05) is 5.33 Å². The van der Waals surface area contributed by atoms with Gasteiger partial charge in [0.2, 0.25) is 0 Å². The summed E-state index contributed by atoms with van der Waals surface area (Å²) in [5.74, 6) is -0.370. The molecule has 0 fully saturated rings. The molecule has 0 spiro atoms. The van der Waals surface area contributed by atoms with Crippen LogP contribution in [0.4, 0.5) is 0 Å². The molecule has 4 nitrogen and oxygen atoms in total. The molecular weight excluding hydrogens is 322 g/mol. The Kier molecular flexibility index (Phi) is 8.49. The van der Waals surface area contributed by atoms with Gasteiger partial charge in [-0.15, -0.1) is 0 Å². The Bertz CT molecular complexity index is 386. The highest BCUT2D eigenvalue weighted by Gasteiger charge is 2.17. The van der Waals surface area contributed by atoms with Crippen LogP contribution >= 0.6 is 15.9 Å². The molecule has 0 aromatic heterocycles. The van der Waals surface area contributed by atoms with Gasteiger partial charge in [-0.3, -0.25) is 4.79 Å². The van der Waals surface area contributed by atoms with Crippen molar-refractivity contribution in [3.05, 3.63) is 35.9 Å². The van der Waals surface area contributed by atoms with Crippen molar-refractivity contribution in [2.45, 2.75) is 38.0 Å². The topological polar surface area (TPSA) is 61.5 Å². The van der Waals surface area contributed by atoms with E-state index in [1.165, 1.54) is 7.11 Å². The third-order valence-corrected chi connectivity index (χ3v) is 3.52. The van der Waals surface area contributed by atoms with Crippen LogP contribution in [0.2, 0.25) is 0 Å². The van der Waals surface area contributed by atoms with Crippen LogP contribution in [0.5, 0.6) is 0 Å². The maximum absolute atomic E-state index is 11.3. The number of benzene rings is 1. The van der Waals surface area contributed by atoms with Crippen molar-refractivity contribution in [1.29, 1.82) is 0 Å². The molecule has 1 aromatic carbocycles. The van der Waals surface area contributed by atoms with E-state index in [1.807, 2.05) is 30.3 Å². The predicted molar refractivity (Wildman–Crippen MR) is 82.7 cm³/mol. The van der Waals surface area contributed by atoms with Gasteiger partial charge in [-0.25, -0.2) is 0 Å². The first-order chi connectivity index (χ1) is 9.67. The quantitative estimate of drug-likeness (QED) is 0.553. The van der Waals surface area contributed by atoms with Gasteiger partial charge in [-0.1, -0.05) is 46.3 Å². The molecule has 1 unspecified atom stereocenters. The first-order valence-corrected chi connectivity index (χ1v) is 7.84. The van der Waals surface area contributed by atoms with Crippen LogP contribution in [0.15, 0.2) is 30.3 Å². The van der Waals surface area contributed by atoms with E-state index in [1.54, 1.807) is 0 Å². The molecule has 2 atom stereocenters. The second-order valence-electron chi connectivity index (χ2n) is 4.60. The Balaban J connectivity index is 2.38. The van der Waals surface area contributed by atoms with Crippen LogP contribution in [0.3, 0.4) is 0 Å².